The summed E-state index contributed by atoms with van der Waals surface area (Å²) >= 11 is 0. The normalized spacial score (nSPS) is 15.4. The van der Waals surface area contributed by atoms with Crippen molar-refractivity contribution < 1.29 is 9.32 Å². The minimum absolute atomic E-state index is 0.0694. The van der Waals surface area contributed by atoms with E-state index >= 15 is 0 Å². The number of carbonyl (C=O) groups excluding carboxylic acids is 1. The Morgan fingerprint density at radius 2 is 1.52 bits per heavy atom. The molecular weight excluding hydrogens is 386 g/mol. The average molecular weight is 409 g/mol. The van der Waals surface area contributed by atoms with Crippen molar-refractivity contribution in [3.05, 3.63) is 108 Å². The second-order valence-corrected chi connectivity index (χ2v) is 7.99. The zero-order valence-corrected chi connectivity index (χ0v) is 17.4. The number of nitrogens with zero attached hydrogens (tertiary/aromatic N) is 3. The number of rotatable bonds is 5. The van der Waals surface area contributed by atoms with Gasteiger partial charge in [-0.15, -0.1) is 0 Å². The fraction of sp³-hybridized carbons (Fsp3) is 0.192. The third kappa shape index (κ3) is 3.42. The first-order valence-corrected chi connectivity index (χ1v) is 10.5. The Bertz CT molecular complexity index is 1140. The van der Waals surface area contributed by atoms with Crippen LogP contribution in [0.3, 0.4) is 0 Å². The predicted molar refractivity (Wildman–Crippen MR) is 118 cm³/mol. The van der Waals surface area contributed by atoms with Gasteiger partial charge in [0.05, 0.1) is 0 Å². The van der Waals surface area contributed by atoms with Gasteiger partial charge in [0, 0.05) is 12.1 Å². The molecule has 0 aliphatic carbocycles. The van der Waals surface area contributed by atoms with E-state index in [-0.39, 0.29) is 5.91 Å². The lowest BCUT2D eigenvalue weighted by Gasteiger charge is -2.29. The maximum Gasteiger partial charge on any atom is 0.246 e. The van der Waals surface area contributed by atoms with Gasteiger partial charge in [0.1, 0.15) is 12.0 Å². The van der Waals surface area contributed by atoms with Gasteiger partial charge in [-0.3, -0.25) is 4.79 Å². The van der Waals surface area contributed by atoms with Crippen LogP contribution in [0.4, 0.5) is 0 Å². The lowest BCUT2D eigenvalue weighted by Crippen LogP contribution is -2.38. The summed E-state index contributed by atoms with van der Waals surface area (Å²) in [5.41, 5.74) is 3.41. The van der Waals surface area contributed by atoms with Crippen LogP contribution in [0.1, 0.15) is 29.0 Å². The molecule has 1 aliphatic rings. The summed E-state index contributed by atoms with van der Waals surface area (Å²) < 4.78 is 5.48. The number of likely N-dealkylation sites (tertiary alicyclic amines) is 1. The third-order valence-corrected chi connectivity index (χ3v) is 6.05. The molecule has 31 heavy (non-hydrogen) atoms. The van der Waals surface area contributed by atoms with Crippen molar-refractivity contribution in [3.63, 3.8) is 0 Å². The number of aromatic nitrogens is 2. The number of hydrogen-bond donors (Lipinski definition) is 0. The van der Waals surface area contributed by atoms with Crippen LogP contribution < -0.4 is 0 Å². The van der Waals surface area contributed by atoms with E-state index < -0.39 is 5.41 Å². The molecule has 5 rings (SSSR count). The van der Waals surface area contributed by atoms with E-state index in [1.165, 1.54) is 5.56 Å². The molecule has 1 aliphatic heterocycles. The zero-order valence-electron chi connectivity index (χ0n) is 17.4. The summed E-state index contributed by atoms with van der Waals surface area (Å²) in [5.74, 6) is 1.06. The Balaban J connectivity index is 1.44. The highest BCUT2D eigenvalue weighted by Gasteiger charge is 2.49. The van der Waals surface area contributed by atoms with Crippen molar-refractivity contribution in [3.8, 4) is 11.4 Å². The largest absolute Gasteiger partial charge is 0.337 e. The van der Waals surface area contributed by atoms with Crippen molar-refractivity contribution >= 4 is 5.91 Å². The smallest absolute Gasteiger partial charge is 0.246 e. The Labute approximate surface area is 181 Å². The Kier molecular flexibility index (Phi) is 4.86. The summed E-state index contributed by atoms with van der Waals surface area (Å²) in [7, 11) is 0. The van der Waals surface area contributed by atoms with Crippen LogP contribution >= 0.6 is 0 Å². The standard InChI is InChI=1S/C26H23N3O2/c1-19-12-14-20(15-13-19)24-27-23(31-28-24)18-29-17-16-26(25(29)30,21-8-4-2-5-9-21)22-10-6-3-7-11-22/h2-15H,16-18H2,1H3. The van der Waals surface area contributed by atoms with Crippen LogP contribution in [0.15, 0.2) is 89.5 Å². The number of hydrogen-bond acceptors (Lipinski definition) is 4. The lowest BCUT2D eigenvalue weighted by molar-refractivity contribution is -0.132. The number of amides is 1. The van der Waals surface area contributed by atoms with Crippen molar-refractivity contribution in [2.45, 2.75) is 25.3 Å². The van der Waals surface area contributed by atoms with Crippen molar-refractivity contribution in [2.75, 3.05) is 6.54 Å². The summed E-state index contributed by atoms with van der Waals surface area (Å²) in [4.78, 5) is 20.1. The SMILES string of the molecule is Cc1ccc(-c2noc(CN3CCC(c4ccccc4)(c4ccccc4)C3=O)n2)cc1. The van der Waals surface area contributed by atoms with E-state index in [2.05, 4.69) is 10.1 Å². The van der Waals surface area contributed by atoms with Crippen LogP contribution in [0.5, 0.6) is 0 Å². The molecule has 1 aromatic heterocycles. The van der Waals surface area contributed by atoms with E-state index in [1.54, 1.807) is 0 Å². The highest BCUT2D eigenvalue weighted by atomic mass is 16.5. The first kappa shape index (κ1) is 19.2. The fourth-order valence-electron chi connectivity index (χ4n) is 4.38. The predicted octanol–water partition coefficient (Wildman–Crippen LogP) is 4.76. The molecule has 0 radical (unpaired) electrons. The van der Waals surface area contributed by atoms with Crippen LogP contribution in [0, 0.1) is 6.92 Å². The molecule has 0 atom stereocenters. The molecule has 0 spiro atoms. The van der Waals surface area contributed by atoms with Crippen LogP contribution in [-0.4, -0.2) is 27.5 Å². The first-order chi connectivity index (χ1) is 15.2. The molecule has 0 N–H and O–H groups in total. The Hall–Kier alpha value is -3.73. The number of aryl methyl sites for hydroxylation is 1. The summed E-state index contributed by atoms with van der Waals surface area (Å²) in [6.07, 6.45) is 0.707. The number of benzene rings is 3. The van der Waals surface area contributed by atoms with E-state index in [9.17, 15) is 4.79 Å². The van der Waals surface area contributed by atoms with Gasteiger partial charge in [0.2, 0.25) is 17.6 Å². The molecule has 154 valence electrons. The molecule has 1 fully saturated rings. The van der Waals surface area contributed by atoms with Gasteiger partial charge >= 0.3 is 0 Å². The van der Waals surface area contributed by atoms with Crippen molar-refractivity contribution in [2.24, 2.45) is 0 Å². The van der Waals surface area contributed by atoms with Gasteiger partial charge in [0.15, 0.2) is 0 Å². The summed E-state index contributed by atoms with van der Waals surface area (Å²) in [6, 6.07) is 28.0. The average Bonchev–Trinajstić information content (AvgIpc) is 3.41. The molecule has 0 saturated carbocycles. The molecular formula is C26H23N3O2. The van der Waals surface area contributed by atoms with E-state index in [4.69, 9.17) is 4.52 Å². The molecule has 0 bridgehead atoms. The molecule has 5 heteroatoms. The third-order valence-electron chi connectivity index (χ3n) is 6.05. The first-order valence-electron chi connectivity index (χ1n) is 10.5. The maximum absolute atomic E-state index is 13.8. The molecule has 3 aromatic carbocycles. The van der Waals surface area contributed by atoms with Gasteiger partial charge in [-0.05, 0) is 24.5 Å². The topological polar surface area (TPSA) is 59.2 Å². The molecule has 4 aromatic rings. The minimum atomic E-state index is -0.692. The van der Waals surface area contributed by atoms with Crippen LogP contribution in [0.25, 0.3) is 11.4 Å². The highest BCUT2D eigenvalue weighted by molar-refractivity contribution is 5.94. The number of carbonyl (C=O) groups is 1. The molecule has 0 unspecified atom stereocenters. The minimum Gasteiger partial charge on any atom is -0.337 e. The van der Waals surface area contributed by atoms with Gasteiger partial charge in [-0.1, -0.05) is 95.6 Å². The monoisotopic (exact) mass is 409 g/mol. The van der Waals surface area contributed by atoms with E-state index in [0.717, 1.165) is 16.7 Å². The van der Waals surface area contributed by atoms with E-state index in [0.29, 0.717) is 31.2 Å². The zero-order chi connectivity index (χ0) is 21.3. The quantitative estimate of drug-likeness (QED) is 0.477. The Morgan fingerprint density at radius 1 is 0.903 bits per heavy atom. The van der Waals surface area contributed by atoms with Gasteiger partial charge in [-0.2, -0.15) is 4.98 Å². The van der Waals surface area contributed by atoms with Crippen LogP contribution in [0.2, 0.25) is 0 Å². The van der Waals surface area contributed by atoms with Crippen molar-refractivity contribution in [1.29, 1.82) is 0 Å². The Morgan fingerprint density at radius 3 is 2.13 bits per heavy atom. The molecule has 1 amide bonds. The molecule has 2 heterocycles. The highest BCUT2D eigenvalue weighted by Crippen LogP contribution is 2.42. The van der Waals surface area contributed by atoms with Crippen molar-refractivity contribution in [1.82, 2.24) is 15.0 Å². The van der Waals surface area contributed by atoms with E-state index in [1.807, 2.05) is 96.8 Å². The fourth-order valence-corrected chi connectivity index (χ4v) is 4.38. The lowest BCUT2D eigenvalue weighted by atomic mass is 9.73. The summed E-state index contributed by atoms with van der Waals surface area (Å²) in [5, 5.41) is 4.11. The summed E-state index contributed by atoms with van der Waals surface area (Å²) in [6.45, 7) is 2.97. The van der Waals surface area contributed by atoms with Crippen LogP contribution in [-0.2, 0) is 16.8 Å². The molecule has 1 saturated heterocycles. The second-order valence-electron chi connectivity index (χ2n) is 7.99. The van der Waals surface area contributed by atoms with Gasteiger partial charge in [-0.25, -0.2) is 0 Å². The van der Waals surface area contributed by atoms with Gasteiger partial charge in [0.25, 0.3) is 0 Å². The van der Waals surface area contributed by atoms with Gasteiger partial charge < -0.3 is 9.42 Å². The molecule has 5 nitrogen and oxygen atoms in total. The second kappa shape index (κ2) is 7.84. The maximum atomic E-state index is 13.8.